The number of halogens is 2. The lowest BCUT2D eigenvalue weighted by atomic mass is 9.96. The second-order valence-electron chi connectivity index (χ2n) is 12.9. The normalized spacial score (nSPS) is 20.6. The van der Waals surface area contributed by atoms with Crippen LogP contribution in [0.25, 0.3) is 11.0 Å². The largest absolute Gasteiger partial charge is 0.483 e. The highest BCUT2D eigenvalue weighted by Crippen LogP contribution is 2.38. The molecule has 3 aromatic rings. The highest BCUT2D eigenvalue weighted by atomic mass is 35.5. The summed E-state index contributed by atoms with van der Waals surface area (Å²) in [6.45, 7) is 2.25. The molecular formula is C36H49Cl2N5O10. The summed E-state index contributed by atoms with van der Waals surface area (Å²) in [5, 5.41) is 36.1. The Labute approximate surface area is 318 Å². The number of amides is 2. The molecule has 0 aliphatic carbocycles. The molecule has 0 radical (unpaired) electrons. The van der Waals surface area contributed by atoms with Crippen LogP contribution in [0.15, 0.2) is 30.3 Å². The molecule has 0 saturated carbocycles. The number of para-hydroxylation sites is 2. The lowest BCUT2D eigenvalue weighted by Gasteiger charge is -2.41. The lowest BCUT2D eigenvalue weighted by Crippen LogP contribution is -2.64. The molecule has 53 heavy (non-hydrogen) atoms. The molecular weight excluding hydrogens is 733 g/mol. The first-order valence-corrected chi connectivity index (χ1v) is 18.3. The van der Waals surface area contributed by atoms with E-state index >= 15 is 0 Å². The van der Waals surface area contributed by atoms with Crippen molar-refractivity contribution in [2.24, 2.45) is 5.73 Å². The number of nitrogens with zero attached hydrogens (tertiary/aromatic N) is 2. The van der Waals surface area contributed by atoms with Crippen molar-refractivity contribution in [1.82, 2.24) is 20.2 Å². The fraction of sp³-hybridized carbons (Fsp3) is 0.556. The molecule has 0 unspecified atom stereocenters. The molecule has 17 heteroatoms. The van der Waals surface area contributed by atoms with E-state index < -0.39 is 55.2 Å². The van der Waals surface area contributed by atoms with Crippen molar-refractivity contribution in [3.63, 3.8) is 0 Å². The van der Waals surface area contributed by atoms with Crippen molar-refractivity contribution in [2.45, 2.75) is 102 Å². The quantitative estimate of drug-likeness (QED) is 0.0765. The molecule has 292 valence electrons. The van der Waals surface area contributed by atoms with E-state index in [0.717, 1.165) is 30.3 Å². The first kappa shape index (κ1) is 42.2. The number of fused-ring (bicyclic) bond motifs is 1. The predicted octanol–water partition coefficient (Wildman–Crippen LogP) is 2.76. The van der Waals surface area contributed by atoms with Crippen LogP contribution in [-0.2, 0) is 37.0 Å². The highest BCUT2D eigenvalue weighted by Gasteiger charge is 2.45. The summed E-state index contributed by atoms with van der Waals surface area (Å²) in [6, 6.07) is 7.30. The Morgan fingerprint density at radius 3 is 2.55 bits per heavy atom. The number of rotatable bonds is 19. The van der Waals surface area contributed by atoms with Gasteiger partial charge in [-0.05, 0) is 62.8 Å². The van der Waals surface area contributed by atoms with Gasteiger partial charge in [-0.2, -0.15) is 0 Å². The minimum Gasteiger partial charge on any atom is -0.483 e. The fourth-order valence-electron chi connectivity index (χ4n) is 6.16. The van der Waals surface area contributed by atoms with E-state index in [4.69, 9.17) is 48.1 Å². The minimum atomic E-state index is -1.49. The van der Waals surface area contributed by atoms with Crippen molar-refractivity contribution >= 4 is 52.0 Å². The number of imidazole rings is 1. The smallest absolute Gasteiger partial charge is 0.322 e. The van der Waals surface area contributed by atoms with Crippen LogP contribution in [-0.4, -0.2) is 107 Å². The molecule has 1 aliphatic heterocycles. The van der Waals surface area contributed by atoms with E-state index in [1.807, 2.05) is 24.3 Å². The number of hydrogen-bond donors (Lipinski definition) is 6. The summed E-state index contributed by atoms with van der Waals surface area (Å²) in [6.07, 6.45) is -0.541. The minimum absolute atomic E-state index is 0.0215. The van der Waals surface area contributed by atoms with Crippen LogP contribution < -0.4 is 21.1 Å². The van der Waals surface area contributed by atoms with Gasteiger partial charge in [0.25, 0.3) is 5.91 Å². The van der Waals surface area contributed by atoms with Crippen molar-refractivity contribution in [3.05, 3.63) is 57.3 Å². The number of hydrogen-bond acceptors (Lipinski definition) is 12. The number of nitrogens with two attached hydrogens (primary N) is 1. The molecule has 15 nitrogen and oxygen atoms in total. The van der Waals surface area contributed by atoms with Crippen LogP contribution in [0.5, 0.6) is 5.75 Å². The van der Waals surface area contributed by atoms with E-state index in [9.17, 15) is 29.7 Å². The molecule has 2 aromatic carbocycles. The molecule has 6 atom stereocenters. The third-order valence-corrected chi connectivity index (χ3v) is 9.94. The summed E-state index contributed by atoms with van der Waals surface area (Å²) in [5.74, 6) is -0.311. The summed E-state index contributed by atoms with van der Waals surface area (Å²) in [4.78, 5) is 41.8. The SMILES string of the molecule is COC(=O)[C@@H](N)CCCCNC(=O)CCCCCn1c(COc2c(Cl)cc(C(=O)N[C@H]3[C@@H](OC)O[C@H](CO)[C@@H](O)[C@@H]3O)c(C)c2Cl)nc2ccccc21. The zero-order valence-corrected chi connectivity index (χ0v) is 31.6. The van der Waals surface area contributed by atoms with Crippen LogP contribution >= 0.6 is 23.2 Å². The number of ether oxygens (including phenoxy) is 4. The van der Waals surface area contributed by atoms with Gasteiger partial charge in [-0.25, -0.2) is 4.98 Å². The predicted molar refractivity (Wildman–Crippen MR) is 197 cm³/mol. The number of benzene rings is 2. The zero-order chi connectivity index (χ0) is 38.7. The number of esters is 1. The molecule has 7 N–H and O–H groups in total. The maximum Gasteiger partial charge on any atom is 0.322 e. The summed E-state index contributed by atoms with van der Waals surface area (Å²) < 4.78 is 23.5. The van der Waals surface area contributed by atoms with Crippen LogP contribution in [0.3, 0.4) is 0 Å². The van der Waals surface area contributed by atoms with Gasteiger partial charge in [0, 0.05) is 32.2 Å². The number of methoxy groups -OCH3 is 2. The molecule has 0 bridgehead atoms. The average molecular weight is 783 g/mol. The van der Waals surface area contributed by atoms with E-state index in [1.54, 1.807) is 6.92 Å². The summed E-state index contributed by atoms with van der Waals surface area (Å²) >= 11 is 13.3. The molecule has 2 heterocycles. The van der Waals surface area contributed by atoms with Crippen molar-refractivity contribution in [2.75, 3.05) is 27.4 Å². The lowest BCUT2D eigenvalue weighted by molar-refractivity contribution is -0.261. The number of aliphatic hydroxyl groups is 3. The number of unbranched alkanes of at least 4 members (excludes halogenated alkanes) is 3. The van der Waals surface area contributed by atoms with Gasteiger partial charge < -0.3 is 55.2 Å². The van der Waals surface area contributed by atoms with Gasteiger partial charge in [0.1, 0.15) is 42.8 Å². The summed E-state index contributed by atoms with van der Waals surface area (Å²) in [5.41, 5.74) is 7.92. The van der Waals surface area contributed by atoms with Gasteiger partial charge in [-0.15, -0.1) is 0 Å². The molecule has 1 saturated heterocycles. The van der Waals surface area contributed by atoms with Crippen LogP contribution in [0.2, 0.25) is 10.0 Å². The Balaban J connectivity index is 1.33. The van der Waals surface area contributed by atoms with Crippen LogP contribution in [0, 0.1) is 6.92 Å². The van der Waals surface area contributed by atoms with E-state index in [2.05, 4.69) is 19.9 Å². The van der Waals surface area contributed by atoms with Crippen LogP contribution in [0.4, 0.5) is 0 Å². The van der Waals surface area contributed by atoms with Gasteiger partial charge in [-0.3, -0.25) is 14.4 Å². The third-order valence-electron chi connectivity index (χ3n) is 9.21. The van der Waals surface area contributed by atoms with E-state index in [1.165, 1.54) is 20.3 Å². The van der Waals surface area contributed by atoms with E-state index in [-0.39, 0.29) is 33.9 Å². The van der Waals surface area contributed by atoms with Crippen molar-refractivity contribution < 1.29 is 48.7 Å². The Morgan fingerprint density at radius 1 is 1.08 bits per heavy atom. The van der Waals surface area contributed by atoms with Gasteiger partial charge in [0.05, 0.1) is 34.8 Å². The molecule has 1 aromatic heterocycles. The molecule has 1 fully saturated rings. The van der Waals surface area contributed by atoms with E-state index in [0.29, 0.717) is 50.2 Å². The maximum atomic E-state index is 13.4. The van der Waals surface area contributed by atoms with Crippen LogP contribution in [0.1, 0.15) is 66.7 Å². The standard InChI is InChI=1S/C36H49Cl2N5O10/c1-20-21(34(48)42-30-32(47)31(46)26(18-44)53-36(30)51-3)17-22(37)33(29(20)38)52-19-27-41-24-12-6-7-13-25(24)43(27)16-10-4-5-14-28(45)40-15-9-8-11-23(39)35(49)50-2/h6-7,12-13,17,23,26,30-32,36,44,46-47H,4-5,8-11,14-16,18-19,39H2,1-3H3,(H,40,45)(H,42,48)/t23-,26+,30+,31+,32+,36-/m0/s1. The Bertz CT molecular complexity index is 1710. The number of nitrogens with one attached hydrogen (secondary N) is 2. The fourth-order valence-corrected chi connectivity index (χ4v) is 6.72. The number of aromatic nitrogens is 2. The zero-order valence-electron chi connectivity index (χ0n) is 30.1. The van der Waals surface area contributed by atoms with Gasteiger partial charge >= 0.3 is 5.97 Å². The second kappa shape index (κ2) is 20.2. The van der Waals surface area contributed by atoms with Gasteiger partial charge in [0.15, 0.2) is 12.0 Å². The molecule has 1 aliphatic rings. The maximum absolute atomic E-state index is 13.4. The number of carbonyl (C=O) groups excluding carboxylic acids is 3. The van der Waals surface area contributed by atoms with Gasteiger partial charge in [-0.1, -0.05) is 41.8 Å². The Hall–Kier alpha value is -3.54. The first-order valence-electron chi connectivity index (χ1n) is 17.5. The third kappa shape index (κ3) is 10.8. The number of aryl methyl sites for hydroxylation is 1. The first-order chi connectivity index (χ1) is 25.4. The Kier molecular flexibility index (Phi) is 16.1. The number of carbonyl (C=O) groups is 3. The molecule has 4 rings (SSSR count). The monoisotopic (exact) mass is 781 g/mol. The highest BCUT2D eigenvalue weighted by molar-refractivity contribution is 6.38. The topological polar surface area (TPSA) is 217 Å². The van der Waals surface area contributed by atoms with Gasteiger partial charge in [0.2, 0.25) is 5.91 Å². The molecule has 0 spiro atoms. The second-order valence-corrected chi connectivity index (χ2v) is 13.6. The molecule has 2 amide bonds. The van der Waals surface area contributed by atoms with Crippen molar-refractivity contribution in [1.29, 1.82) is 0 Å². The summed E-state index contributed by atoms with van der Waals surface area (Å²) in [7, 11) is 2.61. The van der Waals surface area contributed by atoms with Crippen molar-refractivity contribution in [3.8, 4) is 5.75 Å². The number of aliphatic hydroxyl groups excluding tert-OH is 3. The average Bonchev–Trinajstić information content (AvgIpc) is 3.51. The Morgan fingerprint density at radius 2 is 1.83 bits per heavy atom.